The fourth-order valence-corrected chi connectivity index (χ4v) is 2.25. The monoisotopic (exact) mass is 195 g/mol. The standard InChI is InChI=1S/C10H15N2O2/c13-7-8-3-2-6-12(8)10(14)9-4-1-5-11-9/h8-9,11H,1-6H2. The van der Waals surface area contributed by atoms with E-state index in [2.05, 4.69) is 5.32 Å². The smallest absolute Gasteiger partial charge is 0.240 e. The molecule has 0 aromatic carbocycles. The Bertz CT molecular complexity index is 236. The highest BCUT2D eigenvalue weighted by atomic mass is 16.2. The fraction of sp³-hybridized carbons (Fsp3) is 0.800. The lowest BCUT2D eigenvalue weighted by Crippen LogP contribution is -2.46. The van der Waals surface area contributed by atoms with Crippen LogP contribution in [0.25, 0.3) is 0 Å². The zero-order valence-electron chi connectivity index (χ0n) is 8.16. The molecule has 2 saturated heterocycles. The predicted octanol–water partition coefficient (Wildman–Crippen LogP) is -0.161. The van der Waals surface area contributed by atoms with E-state index in [4.69, 9.17) is 0 Å². The normalized spacial score (nSPS) is 32.1. The van der Waals surface area contributed by atoms with Crippen LogP contribution in [0.1, 0.15) is 25.7 Å². The summed E-state index contributed by atoms with van der Waals surface area (Å²) < 4.78 is 0. The predicted molar refractivity (Wildman–Crippen MR) is 51.5 cm³/mol. The highest BCUT2D eigenvalue weighted by molar-refractivity contribution is 5.85. The van der Waals surface area contributed by atoms with Crippen molar-refractivity contribution in [3.05, 3.63) is 0 Å². The molecule has 77 valence electrons. The van der Waals surface area contributed by atoms with E-state index in [1.807, 2.05) is 6.29 Å². The quantitative estimate of drug-likeness (QED) is 0.666. The van der Waals surface area contributed by atoms with Crippen LogP contribution < -0.4 is 5.32 Å². The number of amides is 1. The lowest BCUT2D eigenvalue weighted by molar-refractivity contribution is -0.132. The molecule has 0 spiro atoms. The van der Waals surface area contributed by atoms with Crippen molar-refractivity contribution < 1.29 is 9.59 Å². The minimum atomic E-state index is -0.287. The Morgan fingerprint density at radius 3 is 2.86 bits per heavy atom. The highest BCUT2D eigenvalue weighted by Gasteiger charge is 2.34. The van der Waals surface area contributed by atoms with Crippen molar-refractivity contribution in [2.75, 3.05) is 13.1 Å². The van der Waals surface area contributed by atoms with Crippen LogP contribution in [0.2, 0.25) is 0 Å². The molecule has 2 fully saturated rings. The molecule has 4 heteroatoms. The highest BCUT2D eigenvalue weighted by Crippen LogP contribution is 2.18. The second-order valence-electron chi connectivity index (χ2n) is 3.96. The van der Waals surface area contributed by atoms with Gasteiger partial charge in [-0.3, -0.25) is 9.59 Å². The van der Waals surface area contributed by atoms with Gasteiger partial charge in [0.15, 0.2) is 0 Å². The third-order valence-corrected chi connectivity index (χ3v) is 3.03. The van der Waals surface area contributed by atoms with Crippen LogP contribution in [-0.4, -0.2) is 42.3 Å². The fourth-order valence-electron chi connectivity index (χ4n) is 2.25. The number of carbonyl (C=O) groups is 1. The van der Waals surface area contributed by atoms with Crippen molar-refractivity contribution in [2.45, 2.75) is 37.8 Å². The van der Waals surface area contributed by atoms with Crippen molar-refractivity contribution in [3.63, 3.8) is 0 Å². The average Bonchev–Trinajstić information content (AvgIpc) is 2.87. The Kier molecular flexibility index (Phi) is 2.82. The summed E-state index contributed by atoms with van der Waals surface area (Å²) in [4.78, 5) is 24.2. The summed E-state index contributed by atoms with van der Waals surface area (Å²) in [6.07, 6.45) is 5.61. The number of hydrogen-bond donors (Lipinski definition) is 1. The Balaban J connectivity index is 1.98. The van der Waals surface area contributed by atoms with Gasteiger partial charge in [-0.25, -0.2) is 0 Å². The molecule has 1 amide bonds. The van der Waals surface area contributed by atoms with Gasteiger partial charge >= 0.3 is 0 Å². The summed E-state index contributed by atoms with van der Waals surface area (Å²) in [6.45, 7) is 1.64. The molecular weight excluding hydrogens is 180 g/mol. The van der Waals surface area contributed by atoms with Crippen molar-refractivity contribution in [2.24, 2.45) is 0 Å². The molecule has 2 unspecified atom stereocenters. The number of nitrogens with zero attached hydrogens (tertiary/aromatic N) is 1. The van der Waals surface area contributed by atoms with Crippen LogP contribution >= 0.6 is 0 Å². The van der Waals surface area contributed by atoms with Crippen molar-refractivity contribution in [1.29, 1.82) is 0 Å². The number of carbonyl (C=O) groups excluding carboxylic acids is 2. The maximum absolute atomic E-state index is 11.9. The van der Waals surface area contributed by atoms with Gasteiger partial charge in [0.25, 0.3) is 0 Å². The lowest BCUT2D eigenvalue weighted by atomic mass is 10.2. The van der Waals surface area contributed by atoms with Crippen LogP contribution in [0, 0.1) is 0 Å². The zero-order chi connectivity index (χ0) is 9.97. The molecule has 0 aromatic heterocycles. The van der Waals surface area contributed by atoms with Gasteiger partial charge in [0, 0.05) is 6.54 Å². The van der Waals surface area contributed by atoms with Gasteiger partial charge in [0.1, 0.15) is 0 Å². The van der Waals surface area contributed by atoms with E-state index in [1.165, 1.54) is 0 Å². The molecule has 2 aliphatic heterocycles. The van der Waals surface area contributed by atoms with Crippen molar-refractivity contribution >= 4 is 12.2 Å². The summed E-state index contributed by atoms with van der Waals surface area (Å²) in [5.41, 5.74) is 0. The molecule has 14 heavy (non-hydrogen) atoms. The average molecular weight is 195 g/mol. The van der Waals surface area contributed by atoms with Gasteiger partial charge in [-0.15, -0.1) is 0 Å². The summed E-state index contributed by atoms with van der Waals surface area (Å²) in [6, 6.07) is -0.339. The van der Waals surface area contributed by atoms with E-state index >= 15 is 0 Å². The summed E-state index contributed by atoms with van der Waals surface area (Å²) in [5.74, 6) is 0.0911. The number of hydrogen-bond acceptors (Lipinski definition) is 3. The topological polar surface area (TPSA) is 49.4 Å². The van der Waals surface area contributed by atoms with E-state index in [0.29, 0.717) is 0 Å². The molecule has 0 bridgehead atoms. The largest absolute Gasteiger partial charge is 0.331 e. The summed E-state index contributed by atoms with van der Waals surface area (Å²) >= 11 is 0. The second kappa shape index (κ2) is 4.09. The Labute approximate surface area is 83.6 Å². The molecular formula is C10H15N2O2. The van der Waals surface area contributed by atoms with E-state index in [1.54, 1.807) is 4.90 Å². The summed E-state index contributed by atoms with van der Waals surface area (Å²) in [7, 11) is 0. The van der Waals surface area contributed by atoms with E-state index in [-0.39, 0.29) is 18.0 Å². The lowest BCUT2D eigenvalue weighted by Gasteiger charge is -2.23. The molecule has 4 nitrogen and oxygen atoms in total. The summed E-state index contributed by atoms with van der Waals surface area (Å²) in [5, 5.41) is 3.16. The molecule has 2 aliphatic rings. The third kappa shape index (κ3) is 1.66. The van der Waals surface area contributed by atoms with Gasteiger partial charge < -0.3 is 10.2 Å². The second-order valence-corrected chi connectivity index (χ2v) is 3.96. The number of nitrogens with one attached hydrogen (secondary N) is 1. The van der Waals surface area contributed by atoms with Crippen LogP contribution in [0.15, 0.2) is 0 Å². The molecule has 0 saturated carbocycles. The van der Waals surface area contributed by atoms with Gasteiger partial charge in [-0.1, -0.05) is 0 Å². The Morgan fingerprint density at radius 1 is 1.36 bits per heavy atom. The van der Waals surface area contributed by atoms with Gasteiger partial charge in [0.2, 0.25) is 12.2 Å². The first-order valence-corrected chi connectivity index (χ1v) is 5.24. The minimum absolute atomic E-state index is 0.0519. The first-order valence-electron chi connectivity index (χ1n) is 5.24. The number of likely N-dealkylation sites (tertiary alicyclic amines) is 1. The van der Waals surface area contributed by atoms with Crippen molar-refractivity contribution in [3.8, 4) is 0 Å². The Hall–Kier alpha value is -0.900. The van der Waals surface area contributed by atoms with E-state index in [0.717, 1.165) is 38.8 Å². The molecule has 0 aromatic rings. The van der Waals surface area contributed by atoms with Crippen LogP contribution in [0.4, 0.5) is 0 Å². The molecule has 1 N–H and O–H groups in total. The third-order valence-electron chi connectivity index (χ3n) is 3.03. The minimum Gasteiger partial charge on any atom is -0.331 e. The van der Waals surface area contributed by atoms with Gasteiger partial charge in [-0.2, -0.15) is 0 Å². The molecule has 1 radical (unpaired) electrons. The zero-order valence-corrected chi connectivity index (χ0v) is 8.16. The van der Waals surface area contributed by atoms with Gasteiger partial charge in [0.05, 0.1) is 12.1 Å². The molecule has 2 heterocycles. The molecule has 2 rings (SSSR count). The SMILES string of the molecule is O=[C]C1CCCN1C(=O)C1CCCN1. The van der Waals surface area contributed by atoms with Crippen LogP contribution in [-0.2, 0) is 9.59 Å². The maximum atomic E-state index is 11.9. The first-order chi connectivity index (χ1) is 6.83. The maximum Gasteiger partial charge on any atom is 0.240 e. The van der Waals surface area contributed by atoms with Crippen LogP contribution in [0.5, 0.6) is 0 Å². The molecule has 2 atom stereocenters. The first kappa shape index (κ1) is 9.65. The Morgan fingerprint density at radius 2 is 2.21 bits per heavy atom. The van der Waals surface area contributed by atoms with E-state index in [9.17, 15) is 9.59 Å². The number of rotatable bonds is 2. The molecule has 0 aliphatic carbocycles. The van der Waals surface area contributed by atoms with Crippen molar-refractivity contribution in [1.82, 2.24) is 10.2 Å². The van der Waals surface area contributed by atoms with Crippen LogP contribution in [0.3, 0.4) is 0 Å². The van der Waals surface area contributed by atoms with E-state index < -0.39 is 0 Å². The van der Waals surface area contributed by atoms with Gasteiger partial charge in [-0.05, 0) is 32.2 Å².